The third kappa shape index (κ3) is 4.19. The first kappa shape index (κ1) is 18.5. The van der Waals surface area contributed by atoms with Crippen molar-refractivity contribution in [3.05, 3.63) is 52.2 Å². The molecule has 0 aliphatic carbocycles. The van der Waals surface area contributed by atoms with E-state index in [1.54, 1.807) is 18.4 Å². The molecule has 2 aliphatic heterocycles. The number of rotatable bonds is 4. The summed E-state index contributed by atoms with van der Waals surface area (Å²) in [7, 11) is 1.72. The van der Waals surface area contributed by atoms with Gasteiger partial charge in [-0.1, -0.05) is 12.1 Å². The number of ether oxygens (including phenoxy) is 1. The van der Waals surface area contributed by atoms with Crippen LogP contribution in [-0.2, 0) is 6.54 Å². The Morgan fingerprint density at radius 2 is 1.85 bits per heavy atom. The van der Waals surface area contributed by atoms with Gasteiger partial charge in [0.15, 0.2) is 0 Å². The van der Waals surface area contributed by atoms with E-state index in [2.05, 4.69) is 28.0 Å². The van der Waals surface area contributed by atoms with Crippen LogP contribution in [0.15, 0.2) is 41.1 Å². The van der Waals surface area contributed by atoms with E-state index in [0.717, 1.165) is 56.9 Å². The Morgan fingerprint density at radius 1 is 1.11 bits per heavy atom. The Morgan fingerprint density at radius 3 is 2.52 bits per heavy atom. The molecule has 1 aromatic carbocycles. The van der Waals surface area contributed by atoms with Gasteiger partial charge in [-0.25, -0.2) is 0 Å². The smallest absolute Gasteiger partial charge is 0.254 e. The summed E-state index contributed by atoms with van der Waals surface area (Å²) in [5.74, 6) is 1.14. The maximum absolute atomic E-state index is 12.6. The maximum atomic E-state index is 12.6. The number of piperidine rings is 2. The SMILES string of the molecule is COc1cccc(CN2CCC3(CC2)CCN(C(=O)c2ccsc2)CC3)c1. The number of likely N-dealkylation sites (tertiary alicyclic amines) is 2. The molecule has 0 atom stereocenters. The molecule has 2 fully saturated rings. The molecule has 0 N–H and O–H groups in total. The molecule has 4 nitrogen and oxygen atoms in total. The van der Waals surface area contributed by atoms with Crippen molar-refractivity contribution in [2.24, 2.45) is 5.41 Å². The van der Waals surface area contributed by atoms with Crippen LogP contribution in [0.3, 0.4) is 0 Å². The highest BCUT2D eigenvalue weighted by atomic mass is 32.1. The van der Waals surface area contributed by atoms with Crippen LogP contribution in [-0.4, -0.2) is 49.0 Å². The standard InChI is InChI=1S/C22H28N2O2S/c1-26-20-4-2-3-18(15-20)16-23-10-6-22(7-11-23)8-12-24(13-9-22)21(25)19-5-14-27-17-19/h2-5,14-15,17H,6-13,16H2,1H3. The lowest BCUT2D eigenvalue weighted by Crippen LogP contribution is -2.48. The number of carbonyl (C=O) groups excluding carboxylic acids is 1. The zero-order valence-electron chi connectivity index (χ0n) is 16.0. The topological polar surface area (TPSA) is 32.8 Å². The molecule has 4 rings (SSSR count). The first-order valence-electron chi connectivity index (χ1n) is 9.84. The Balaban J connectivity index is 1.28. The minimum atomic E-state index is 0.210. The normalized spacial score (nSPS) is 20.0. The van der Waals surface area contributed by atoms with Crippen LogP contribution >= 0.6 is 11.3 Å². The van der Waals surface area contributed by atoms with Crippen molar-refractivity contribution in [2.45, 2.75) is 32.2 Å². The first-order chi connectivity index (χ1) is 13.2. The molecule has 5 heteroatoms. The summed E-state index contributed by atoms with van der Waals surface area (Å²) >= 11 is 1.60. The lowest BCUT2D eigenvalue weighted by molar-refractivity contribution is 0.0285. The molecular weight excluding hydrogens is 356 g/mol. The van der Waals surface area contributed by atoms with E-state index in [1.807, 2.05) is 22.9 Å². The van der Waals surface area contributed by atoms with Gasteiger partial charge in [-0.05, 0) is 73.3 Å². The molecule has 144 valence electrons. The summed E-state index contributed by atoms with van der Waals surface area (Å²) < 4.78 is 5.34. The maximum Gasteiger partial charge on any atom is 0.254 e. The lowest BCUT2D eigenvalue weighted by atomic mass is 9.71. The number of carbonyl (C=O) groups is 1. The zero-order chi connectivity index (χ0) is 18.7. The minimum absolute atomic E-state index is 0.210. The van der Waals surface area contributed by atoms with Gasteiger partial charge in [0.1, 0.15) is 5.75 Å². The largest absolute Gasteiger partial charge is 0.497 e. The Hall–Kier alpha value is -1.85. The van der Waals surface area contributed by atoms with Crippen LogP contribution in [0.5, 0.6) is 5.75 Å². The van der Waals surface area contributed by atoms with Gasteiger partial charge in [0.05, 0.1) is 12.7 Å². The van der Waals surface area contributed by atoms with E-state index in [9.17, 15) is 4.79 Å². The quantitative estimate of drug-likeness (QED) is 0.789. The molecule has 27 heavy (non-hydrogen) atoms. The number of methoxy groups -OCH3 is 1. The van der Waals surface area contributed by atoms with Gasteiger partial charge in [-0.15, -0.1) is 0 Å². The van der Waals surface area contributed by atoms with Gasteiger partial charge >= 0.3 is 0 Å². The second kappa shape index (κ2) is 8.03. The fourth-order valence-corrected chi connectivity index (χ4v) is 5.10. The minimum Gasteiger partial charge on any atom is -0.497 e. The van der Waals surface area contributed by atoms with Gasteiger partial charge < -0.3 is 9.64 Å². The molecule has 2 aliphatic rings. The molecule has 1 aromatic heterocycles. The zero-order valence-corrected chi connectivity index (χ0v) is 16.8. The van der Waals surface area contributed by atoms with Crippen LogP contribution in [0.1, 0.15) is 41.6 Å². The van der Waals surface area contributed by atoms with Crippen LogP contribution < -0.4 is 4.74 Å². The van der Waals surface area contributed by atoms with Crippen LogP contribution in [0, 0.1) is 5.41 Å². The highest BCUT2D eigenvalue weighted by molar-refractivity contribution is 7.08. The van der Waals surface area contributed by atoms with Crippen molar-refractivity contribution in [2.75, 3.05) is 33.3 Å². The van der Waals surface area contributed by atoms with Crippen LogP contribution in [0.25, 0.3) is 0 Å². The number of hydrogen-bond donors (Lipinski definition) is 0. The van der Waals surface area contributed by atoms with E-state index >= 15 is 0 Å². The summed E-state index contributed by atoms with van der Waals surface area (Å²) in [6.45, 7) is 5.11. The van der Waals surface area contributed by atoms with Crippen LogP contribution in [0.2, 0.25) is 0 Å². The number of amides is 1. The van der Waals surface area contributed by atoms with E-state index < -0.39 is 0 Å². The highest BCUT2D eigenvalue weighted by Crippen LogP contribution is 2.41. The summed E-state index contributed by atoms with van der Waals surface area (Å²) in [6, 6.07) is 10.3. The van der Waals surface area contributed by atoms with Crippen molar-refractivity contribution >= 4 is 17.2 Å². The third-order valence-electron chi connectivity index (χ3n) is 6.34. The number of hydrogen-bond acceptors (Lipinski definition) is 4. The van der Waals surface area contributed by atoms with Gasteiger partial charge in [0.2, 0.25) is 0 Å². The summed E-state index contributed by atoms with van der Waals surface area (Å²) in [6.07, 6.45) is 4.79. The van der Waals surface area contributed by atoms with E-state index in [4.69, 9.17) is 4.74 Å². The van der Waals surface area contributed by atoms with Crippen molar-refractivity contribution in [1.29, 1.82) is 0 Å². The summed E-state index contributed by atoms with van der Waals surface area (Å²) in [4.78, 5) is 17.2. The molecule has 3 heterocycles. The average Bonchev–Trinajstić information content (AvgIpc) is 3.25. The Bertz CT molecular complexity index is 756. The first-order valence-corrected chi connectivity index (χ1v) is 10.8. The van der Waals surface area contributed by atoms with Crippen LogP contribution in [0.4, 0.5) is 0 Å². The van der Waals surface area contributed by atoms with Gasteiger partial charge in [0.25, 0.3) is 5.91 Å². The van der Waals surface area contributed by atoms with Gasteiger partial charge in [-0.3, -0.25) is 9.69 Å². The fraction of sp³-hybridized carbons (Fsp3) is 0.500. The van der Waals surface area contributed by atoms with Gasteiger partial charge in [0, 0.05) is 25.0 Å². The second-order valence-corrected chi connectivity index (χ2v) is 8.71. The van der Waals surface area contributed by atoms with Crippen molar-refractivity contribution in [3.63, 3.8) is 0 Å². The second-order valence-electron chi connectivity index (χ2n) is 7.93. The monoisotopic (exact) mass is 384 g/mol. The predicted molar refractivity (Wildman–Crippen MR) is 109 cm³/mol. The number of nitrogens with zero attached hydrogens (tertiary/aromatic N) is 2. The molecular formula is C22H28N2O2S. The van der Waals surface area contributed by atoms with Crippen molar-refractivity contribution in [3.8, 4) is 5.75 Å². The summed E-state index contributed by atoms with van der Waals surface area (Å²) in [5, 5.41) is 3.94. The molecule has 2 saturated heterocycles. The number of benzene rings is 1. The van der Waals surface area contributed by atoms with Crippen molar-refractivity contribution < 1.29 is 9.53 Å². The third-order valence-corrected chi connectivity index (χ3v) is 7.02. The number of thiophene rings is 1. The highest BCUT2D eigenvalue weighted by Gasteiger charge is 2.38. The van der Waals surface area contributed by atoms with E-state index in [0.29, 0.717) is 5.41 Å². The molecule has 0 radical (unpaired) electrons. The molecule has 1 spiro atoms. The predicted octanol–water partition coefficient (Wildman–Crippen LogP) is 4.28. The Labute approximate surface area is 165 Å². The molecule has 0 unspecified atom stereocenters. The molecule has 0 bridgehead atoms. The summed E-state index contributed by atoms with van der Waals surface area (Å²) in [5.41, 5.74) is 2.61. The van der Waals surface area contributed by atoms with E-state index in [1.165, 1.54) is 18.4 Å². The molecule has 2 aromatic rings. The lowest BCUT2D eigenvalue weighted by Gasteiger charge is -2.47. The van der Waals surface area contributed by atoms with E-state index in [-0.39, 0.29) is 5.91 Å². The molecule has 0 saturated carbocycles. The fourth-order valence-electron chi connectivity index (χ4n) is 4.47. The Kier molecular flexibility index (Phi) is 5.50. The molecule has 1 amide bonds. The van der Waals surface area contributed by atoms with Crippen molar-refractivity contribution in [1.82, 2.24) is 9.80 Å². The van der Waals surface area contributed by atoms with Gasteiger partial charge in [-0.2, -0.15) is 11.3 Å². The average molecular weight is 385 g/mol.